The summed E-state index contributed by atoms with van der Waals surface area (Å²) in [5, 5.41) is 3.31. The molecule has 1 aromatic carbocycles. The molecule has 0 aromatic heterocycles. The van der Waals surface area contributed by atoms with Gasteiger partial charge in [0.15, 0.2) is 0 Å². The number of benzene rings is 1. The van der Waals surface area contributed by atoms with Crippen molar-refractivity contribution in [2.45, 2.75) is 38.7 Å². The highest BCUT2D eigenvalue weighted by atomic mass is 79.9. The molecule has 1 fully saturated rings. The van der Waals surface area contributed by atoms with Gasteiger partial charge in [-0.15, -0.1) is 12.4 Å². The van der Waals surface area contributed by atoms with E-state index < -0.39 is 0 Å². The van der Waals surface area contributed by atoms with Gasteiger partial charge in [-0.3, -0.25) is 0 Å². The van der Waals surface area contributed by atoms with Gasteiger partial charge in [0.1, 0.15) is 11.9 Å². The van der Waals surface area contributed by atoms with Crippen LogP contribution in [0.5, 0.6) is 5.75 Å². The first-order valence-electron chi connectivity index (χ1n) is 6.14. The van der Waals surface area contributed by atoms with E-state index in [-0.39, 0.29) is 17.8 Å². The summed E-state index contributed by atoms with van der Waals surface area (Å²) in [6, 6.07) is 6.39. The fourth-order valence-corrected chi connectivity index (χ4v) is 2.44. The lowest BCUT2D eigenvalue weighted by Gasteiger charge is -2.21. The molecule has 2 nitrogen and oxygen atoms in total. The van der Waals surface area contributed by atoms with Crippen LogP contribution in [0, 0.1) is 0 Å². The van der Waals surface area contributed by atoms with E-state index in [0.29, 0.717) is 6.10 Å². The number of nitrogens with one attached hydrogen (secondary N) is 1. The van der Waals surface area contributed by atoms with Gasteiger partial charge in [-0.25, -0.2) is 0 Å². The lowest BCUT2D eigenvalue weighted by Crippen LogP contribution is -2.20. The number of ether oxygens (including phenoxy) is 1. The summed E-state index contributed by atoms with van der Waals surface area (Å²) in [7, 11) is 0. The summed E-state index contributed by atoms with van der Waals surface area (Å²) in [6.07, 6.45) is 1.40. The number of rotatable bonds is 2. The van der Waals surface area contributed by atoms with Gasteiger partial charge in [-0.05, 0) is 52.0 Å². The van der Waals surface area contributed by atoms with Crippen molar-refractivity contribution >= 4 is 28.3 Å². The van der Waals surface area contributed by atoms with E-state index in [4.69, 9.17) is 4.74 Å². The van der Waals surface area contributed by atoms with Crippen molar-refractivity contribution in [1.82, 2.24) is 5.32 Å². The fraction of sp³-hybridized carbons (Fsp3) is 0.571. The van der Waals surface area contributed by atoms with E-state index in [1.807, 2.05) is 0 Å². The largest absolute Gasteiger partial charge is 0.488 e. The van der Waals surface area contributed by atoms with E-state index in [1.165, 1.54) is 5.56 Å². The molecule has 18 heavy (non-hydrogen) atoms. The maximum absolute atomic E-state index is 5.96. The Morgan fingerprint density at radius 1 is 1.33 bits per heavy atom. The molecule has 102 valence electrons. The maximum atomic E-state index is 5.96. The van der Waals surface area contributed by atoms with Gasteiger partial charge < -0.3 is 10.1 Å². The normalized spacial score (nSPS) is 19.4. The minimum Gasteiger partial charge on any atom is -0.488 e. The molecular weight excluding hydrogens is 314 g/mol. The molecule has 0 radical (unpaired) electrons. The van der Waals surface area contributed by atoms with Crippen molar-refractivity contribution in [2.75, 3.05) is 13.1 Å². The van der Waals surface area contributed by atoms with Crippen molar-refractivity contribution in [1.29, 1.82) is 0 Å². The third-order valence-corrected chi connectivity index (χ3v) is 3.73. The fourth-order valence-electron chi connectivity index (χ4n) is 1.97. The molecule has 1 aliphatic rings. The molecule has 1 unspecified atom stereocenters. The molecule has 0 bridgehead atoms. The quantitative estimate of drug-likeness (QED) is 0.885. The van der Waals surface area contributed by atoms with Crippen LogP contribution in [0.15, 0.2) is 22.7 Å². The molecule has 0 aliphatic carbocycles. The summed E-state index contributed by atoms with van der Waals surface area (Å²) < 4.78 is 7.02. The minimum absolute atomic E-state index is 0. The van der Waals surface area contributed by atoms with Gasteiger partial charge in [-0.1, -0.05) is 26.8 Å². The molecule has 0 amide bonds. The van der Waals surface area contributed by atoms with E-state index in [1.54, 1.807) is 0 Å². The summed E-state index contributed by atoms with van der Waals surface area (Å²) >= 11 is 3.60. The Kier molecular flexibility index (Phi) is 5.50. The Morgan fingerprint density at radius 3 is 2.56 bits per heavy atom. The van der Waals surface area contributed by atoms with Crippen LogP contribution < -0.4 is 10.1 Å². The zero-order chi connectivity index (χ0) is 12.5. The van der Waals surface area contributed by atoms with Crippen molar-refractivity contribution in [3.63, 3.8) is 0 Å². The topological polar surface area (TPSA) is 21.3 Å². The van der Waals surface area contributed by atoms with Gasteiger partial charge >= 0.3 is 0 Å². The van der Waals surface area contributed by atoms with E-state index in [0.717, 1.165) is 29.7 Å². The second kappa shape index (κ2) is 6.27. The first-order valence-corrected chi connectivity index (χ1v) is 6.93. The third-order valence-electron chi connectivity index (χ3n) is 3.11. The highest BCUT2D eigenvalue weighted by molar-refractivity contribution is 9.10. The molecule has 1 heterocycles. The van der Waals surface area contributed by atoms with Crippen molar-refractivity contribution in [3.8, 4) is 5.75 Å². The zero-order valence-corrected chi connectivity index (χ0v) is 13.5. The standard InChI is InChI=1S/C14H20BrNO.ClH/c1-14(2,3)10-4-5-13(12(15)8-10)17-11-6-7-16-9-11;/h4-5,8,11,16H,6-7,9H2,1-3H3;1H. The van der Waals surface area contributed by atoms with Crippen LogP contribution >= 0.6 is 28.3 Å². The number of hydrogen-bond donors (Lipinski definition) is 1. The summed E-state index contributed by atoms with van der Waals surface area (Å²) in [5.41, 5.74) is 1.50. The minimum atomic E-state index is 0. The lowest BCUT2D eigenvalue weighted by molar-refractivity contribution is 0.221. The highest BCUT2D eigenvalue weighted by Gasteiger charge is 2.19. The Labute approximate surface area is 124 Å². The zero-order valence-electron chi connectivity index (χ0n) is 11.1. The smallest absolute Gasteiger partial charge is 0.133 e. The van der Waals surface area contributed by atoms with Crippen molar-refractivity contribution < 1.29 is 4.74 Å². The van der Waals surface area contributed by atoms with Crippen molar-refractivity contribution in [3.05, 3.63) is 28.2 Å². The van der Waals surface area contributed by atoms with Gasteiger partial charge in [0.05, 0.1) is 4.47 Å². The molecule has 1 aromatic rings. The SMILES string of the molecule is CC(C)(C)c1ccc(OC2CCNC2)c(Br)c1.Cl. The molecule has 0 spiro atoms. The van der Waals surface area contributed by atoms with Gasteiger partial charge in [0, 0.05) is 6.54 Å². The Hall–Kier alpha value is -0.250. The molecule has 1 saturated heterocycles. The summed E-state index contributed by atoms with van der Waals surface area (Å²) in [5.74, 6) is 0.951. The average molecular weight is 335 g/mol. The van der Waals surface area contributed by atoms with Crippen LogP contribution in [0.4, 0.5) is 0 Å². The number of halogens is 2. The Bertz CT molecular complexity index is 397. The van der Waals surface area contributed by atoms with E-state index >= 15 is 0 Å². The maximum Gasteiger partial charge on any atom is 0.133 e. The van der Waals surface area contributed by atoms with E-state index in [9.17, 15) is 0 Å². The first-order chi connectivity index (χ1) is 7.97. The molecule has 2 rings (SSSR count). The van der Waals surface area contributed by atoms with Gasteiger partial charge in [0.25, 0.3) is 0 Å². The molecule has 1 aliphatic heterocycles. The Balaban J connectivity index is 0.00000162. The second-order valence-corrected chi connectivity index (χ2v) is 6.48. The van der Waals surface area contributed by atoms with Gasteiger partial charge in [-0.2, -0.15) is 0 Å². The van der Waals surface area contributed by atoms with Crippen LogP contribution in [0.2, 0.25) is 0 Å². The monoisotopic (exact) mass is 333 g/mol. The number of hydrogen-bond acceptors (Lipinski definition) is 2. The van der Waals surface area contributed by atoms with E-state index in [2.05, 4.69) is 60.2 Å². The van der Waals surface area contributed by atoms with Crippen molar-refractivity contribution in [2.24, 2.45) is 0 Å². The predicted molar refractivity (Wildman–Crippen MR) is 82.0 cm³/mol. The average Bonchev–Trinajstić information content (AvgIpc) is 2.72. The summed E-state index contributed by atoms with van der Waals surface area (Å²) in [6.45, 7) is 8.67. The van der Waals surface area contributed by atoms with Crippen LogP contribution in [0.3, 0.4) is 0 Å². The highest BCUT2D eigenvalue weighted by Crippen LogP contribution is 2.32. The molecular formula is C14H21BrClNO. The molecule has 4 heteroatoms. The van der Waals surface area contributed by atoms with Gasteiger partial charge in [0.2, 0.25) is 0 Å². The van der Waals surface area contributed by atoms with Crippen LogP contribution in [-0.2, 0) is 5.41 Å². The molecule has 0 saturated carbocycles. The lowest BCUT2D eigenvalue weighted by atomic mass is 9.87. The van der Waals surface area contributed by atoms with Crippen LogP contribution in [-0.4, -0.2) is 19.2 Å². The third kappa shape index (κ3) is 3.87. The first kappa shape index (κ1) is 15.8. The molecule has 1 N–H and O–H groups in total. The van der Waals surface area contributed by atoms with Crippen LogP contribution in [0.25, 0.3) is 0 Å². The molecule has 1 atom stereocenters. The van der Waals surface area contributed by atoms with Crippen LogP contribution in [0.1, 0.15) is 32.8 Å². The predicted octanol–water partition coefficient (Wildman–Crippen LogP) is 3.91. The summed E-state index contributed by atoms with van der Waals surface area (Å²) in [4.78, 5) is 0. The Morgan fingerprint density at radius 2 is 2.06 bits per heavy atom. The second-order valence-electron chi connectivity index (χ2n) is 5.63.